The minimum absolute atomic E-state index is 0.171. The van der Waals surface area contributed by atoms with Gasteiger partial charge in [-0.2, -0.15) is 0 Å². The molecule has 0 radical (unpaired) electrons. The van der Waals surface area contributed by atoms with Crippen LogP contribution in [0.5, 0.6) is 0 Å². The Morgan fingerprint density at radius 2 is 1.36 bits per heavy atom. The summed E-state index contributed by atoms with van der Waals surface area (Å²) >= 11 is 0. The summed E-state index contributed by atoms with van der Waals surface area (Å²) in [4.78, 5) is 12.1. The van der Waals surface area contributed by atoms with Crippen molar-refractivity contribution >= 4 is 21.7 Å². The van der Waals surface area contributed by atoms with E-state index in [4.69, 9.17) is 4.74 Å². The van der Waals surface area contributed by atoms with E-state index in [1.165, 1.54) is 13.2 Å². The Labute approximate surface area is 149 Å². The third-order valence-corrected chi connectivity index (χ3v) is 6.42. The number of methoxy groups -OCH3 is 1. The quantitative estimate of drug-likeness (QED) is 0.841. The molecular weight excluding hydrogens is 338 g/mol. The fraction of sp³-hybridized carbons (Fsp3) is 0.316. The first kappa shape index (κ1) is 19.0. The number of hydrogen-bond donors (Lipinski definition) is 1. The Hall–Kier alpha value is -2.34. The van der Waals surface area contributed by atoms with Crippen molar-refractivity contribution in [2.24, 2.45) is 0 Å². The van der Waals surface area contributed by atoms with Gasteiger partial charge in [-0.3, -0.25) is 4.72 Å². The number of sulfonamides is 1. The Kier molecular flexibility index (Phi) is 5.23. The molecule has 25 heavy (non-hydrogen) atoms. The number of benzene rings is 2. The Morgan fingerprint density at radius 1 is 0.880 bits per heavy atom. The van der Waals surface area contributed by atoms with Crippen molar-refractivity contribution < 1.29 is 17.9 Å². The highest BCUT2D eigenvalue weighted by Crippen LogP contribution is 2.31. The lowest BCUT2D eigenvalue weighted by Gasteiger charge is -2.20. The summed E-state index contributed by atoms with van der Waals surface area (Å²) in [5, 5.41) is 0. The first-order valence-corrected chi connectivity index (χ1v) is 9.37. The summed E-state index contributed by atoms with van der Waals surface area (Å²) in [6.45, 7) is 9.42. The molecule has 6 heteroatoms. The van der Waals surface area contributed by atoms with Crippen LogP contribution < -0.4 is 4.72 Å². The monoisotopic (exact) mass is 361 g/mol. The Morgan fingerprint density at radius 3 is 1.88 bits per heavy atom. The van der Waals surface area contributed by atoms with Crippen LogP contribution in [-0.2, 0) is 14.8 Å². The molecule has 0 saturated carbocycles. The average Bonchev–Trinajstić information content (AvgIpc) is 2.57. The van der Waals surface area contributed by atoms with Crippen LogP contribution in [0.25, 0.3) is 0 Å². The van der Waals surface area contributed by atoms with Gasteiger partial charge in [0.2, 0.25) is 0 Å². The molecule has 0 unspecified atom stereocenters. The number of rotatable bonds is 4. The highest BCUT2D eigenvalue weighted by Gasteiger charge is 2.25. The van der Waals surface area contributed by atoms with Crippen LogP contribution in [0.4, 0.5) is 5.69 Å². The van der Waals surface area contributed by atoms with E-state index in [0.29, 0.717) is 11.1 Å². The van der Waals surface area contributed by atoms with Crippen molar-refractivity contribution in [3.63, 3.8) is 0 Å². The third kappa shape index (κ3) is 3.39. The van der Waals surface area contributed by atoms with E-state index in [1.807, 2.05) is 20.8 Å². The van der Waals surface area contributed by atoms with Crippen LogP contribution in [0.3, 0.4) is 0 Å². The van der Waals surface area contributed by atoms with Gasteiger partial charge in [-0.25, -0.2) is 13.2 Å². The van der Waals surface area contributed by atoms with Gasteiger partial charge in [0.05, 0.1) is 23.3 Å². The van der Waals surface area contributed by atoms with E-state index in [-0.39, 0.29) is 16.1 Å². The maximum Gasteiger partial charge on any atom is 0.339 e. The standard InChI is InChI=1S/C19H23NO4S/c1-11-12(2)14(4)18(15(5)13(11)3)25(22,23)20-17-10-8-7-9-16(17)19(21)24-6/h7-10,20H,1-6H3. The zero-order chi connectivity index (χ0) is 18.9. The van der Waals surface area contributed by atoms with Gasteiger partial charge in [0, 0.05) is 0 Å². The van der Waals surface area contributed by atoms with Crippen molar-refractivity contribution in [1.82, 2.24) is 0 Å². The molecule has 0 spiro atoms. The van der Waals surface area contributed by atoms with E-state index in [1.54, 1.807) is 32.0 Å². The molecule has 0 atom stereocenters. The second-order valence-corrected chi connectivity index (χ2v) is 7.72. The summed E-state index contributed by atoms with van der Waals surface area (Å²) in [5.41, 5.74) is 4.78. The molecule has 2 aromatic carbocycles. The van der Waals surface area contributed by atoms with Crippen molar-refractivity contribution in [2.45, 2.75) is 39.5 Å². The van der Waals surface area contributed by atoms with E-state index >= 15 is 0 Å². The van der Waals surface area contributed by atoms with Crippen molar-refractivity contribution in [2.75, 3.05) is 11.8 Å². The molecule has 0 saturated heterocycles. The van der Waals surface area contributed by atoms with Gasteiger partial charge in [0.25, 0.3) is 10.0 Å². The first-order valence-electron chi connectivity index (χ1n) is 7.89. The zero-order valence-corrected chi connectivity index (χ0v) is 16.2. The summed E-state index contributed by atoms with van der Waals surface area (Å²) in [6.07, 6.45) is 0. The molecule has 2 aromatic rings. The van der Waals surface area contributed by atoms with E-state index in [2.05, 4.69) is 4.72 Å². The van der Waals surface area contributed by atoms with Crippen LogP contribution in [0.2, 0.25) is 0 Å². The minimum Gasteiger partial charge on any atom is -0.465 e. The molecule has 0 aliphatic rings. The number of ether oxygens (including phenoxy) is 1. The molecule has 2 rings (SSSR count). The number of carbonyl (C=O) groups is 1. The predicted octanol–water partition coefficient (Wildman–Crippen LogP) is 3.82. The van der Waals surface area contributed by atoms with Crippen LogP contribution in [-0.4, -0.2) is 21.5 Å². The zero-order valence-electron chi connectivity index (χ0n) is 15.4. The Balaban J connectivity index is 2.62. The van der Waals surface area contributed by atoms with Crippen LogP contribution >= 0.6 is 0 Å². The molecule has 0 amide bonds. The van der Waals surface area contributed by atoms with Crippen molar-refractivity contribution in [3.8, 4) is 0 Å². The van der Waals surface area contributed by atoms with Gasteiger partial charge in [-0.1, -0.05) is 12.1 Å². The van der Waals surface area contributed by atoms with Crippen molar-refractivity contribution in [1.29, 1.82) is 0 Å². The molecule has 0 aliphatic heterocycles. The maximum atomic E-state index is 13.1. The van der Waals surface area contributed by atoms with Crippen LogP contribution in [0.15, 0.2) is 29.2 Å². The SMILES string of the molecule is COC(=O)c1ccccc1NS(=O)(=O)c1c(C)c(C)c(C)c(C)c1C. The molecule has 134 valence electrons. The van der Waals surface area contributed by atoms with Crippen LogP contribution in [0.1, 0.15) is 38.2 Å². The average molecular weight is 361 g/mol. The van der Waals surface area contributed by atoms with E-state index in [0.717, 1.165) is 16.7 Å². The lowest BCUT2D eigenvalue weighted by Crippen LogP contribution is -2.19. The fourth-order valence-corrected chi connectivity index (χ4v) is 4.61. The molecule has 1 N–H and O–H groups in total. The lowest BCUT2D eigenvalue weighted by atomic mass is 9.95. The maximum absolute atomic E-state index is 13.1. The van der Waals surface area contributed by atoms with Crippen molar-refractivity contribution in [3.05, 3.63) is 57.6 Å². The van der Waals surface area contributed by atoms with Gasteiger partial charge < -0.3 is 4.74 Å². The fourth-order valence-electron chi connectivity index (χ4n) is 2.92. The number of para-hydroxylation sites is 1. The van der Waals surface area contributed by atoms with Gasteiger partial charge in [-0.15, -0.1) is 0 Å². The summed E-state index contributed by atoms with van der Waals surface area (Å²) in [6, 6.07) is 6.38. The number of esters is 1. The normalized spacial score (nSPS) is 11.3. The third-order valence-electron chi connectivity index (χ3n) is 4.78. The van der Waals surface area contributed by atoms with Gasteiger partial charge in [0.1, 0.15) is 0 Å². The van der Waals surface area contributed by atoms with Crippen LogP contribution in [0, 0.1) is 34.6 Å². The van der Waals surface area contributed by atoms with E-state index < -0.39 is 16.0 Å². The smallest absolute Gasteiger partial charge is 0.339 e. The lowest BCUT2D eigenvalue weighted by molar-refractivity contribution is 0.0602. The number of carbonyl (C=O) groups excluding carboxylic acids is 1. The highest BCUT2D eigenvalue weighted by molar-refractivity contribution is 7.92. The van der Waals surface area contributed by atoms with Gasteiger partial charge >= 0.3 is 5.97 Å². The summed E-state index contributed by atoms with van der Waals surface area (Å²) in [5.74, 6) is -0.594. The largest absolute Gasteiger partial charge is 0.465 e. The number of nitrogens with one attached hydrogen (secondary N) is 1. The summed E-state index contributed by atoms with van der Waals surface area (Å²) in [7, 11) is -2.60. The topological polar surface area (TPSA) is 72.5 Å². The molecule has 0 heterocycles. The number of anilines is 1. The molecule has 0 bridgehead atoms. The summed E-state index contributed by atoms with van der Waals surface area (Å²) < 4.78 is 33.4. The number of hydrogen-bond acceptors (Lipinski definition) is 4. The second-order valence-electron chi connectivity index (χ2n) is 6.10. The molecular formula is C19H23NO4S. The second kappa shape index (κ2) is 6.88. The minimum atomic E-state index is -3.86. The molecule has 0 fully saturated rings. The van der Waals surface area contributed by atoms with Gasteiger partial charge in [0.15, 0.2) is 0 Å². The molecule has 0 aliphatic carbocycles. The Bertz CT molecular complexity index is 917. The highest BCUT2D eigenvalue weighted by atomic mass is 32.2. The molecule has 5 nitrogen and oxygen atoms in total. The predicted molar refractivity (Wildman–Crippen MR) is 98.7 cm³/mol. The molecule has 0 aromatic heterocycles. The van der Waals surface area contributed by atoms with Gasteiger partial charge in [-0.05, 0) is 74.6 Å². The van der Waals surface area contributed by atoms with E-state index in [9.17, 15) is 13.2 Å². The first-order chi connectivity index (χ1) is 11.6.